The quantitative estimate of drug-likeness (QED) is 0.336. The number of benzene rings is 1. The lowest BCUT2D eigenvalue weighted by Crippen LogP contribution is -2.47. The van der Waals surface area contributed by atoms with Crippen LogP contribution in [0.15, 0.2) is 67.4 Å². The average molecular weight is 383 g/mol. The summed E-state index contributed by atoms with van der Waals surface area (Å²) in [5, 5.41) is 7.40. The van der Waals surface area contributed by atoms with E-state index < -0.39 is 0 Å². The van der Waals surface area contributed by atoms with Crippen LogP contribution in [0, 0.1) is 0 Å². The monoisotopic (exact) mass is 382 g/mol. The standard InChI is InChI=1S/C26H42N2/c1-8-11-20-26(7,10-3)28-23(6)22(5)27-25(21(4)15-9-2)19-18-24-16-13-12-14-17-24/h10,12-14,16-17,22,25,27-28H,3-4,6,8-9,11,15,18-20H2,1-2,5,7H3/t22-,25-,26?/m0/s1. The Morgan fingerprint density at radius 2 is 1.82 bits per heavy atom. The Hall–Kier alpha value is -1.80. The van der Waals surface area contributed by atoms with Gasteiger partial charge in [-0.3, -0.25) is 0 Å². The van der Waals surface area contributed by atoms with E-state index in [0.29, 0.717) is 6.04 Å². The van der Waals surface area contributed by atoms with Crippen molar-refractivity contribution >= 4 is 0 Å². The lowest BCUT2D eigenvalue weighted by atomic mass is 9.93. The minimum atomic E-state index is -0.108. The highest BCUT2D eigenvalue weighted by Crippen LogP contribution is 2.19. The average Bonchev–Trinajstić information content (AvgIpc) is 2.70. The van der Waals surface area contributed by atoms with Crippen molar-refractivity contribution in [2.45, 2.75) is 90.3 Å². The Balaban J connectivity index is 2.72. The van der Waals surface area contributed by atoms with E-state index in [-0.39, 0.29) is 11.6 Å². The van der Waals surface area contributed by atoms with Crippen LogP contribution in [0.2, 0.25) is 0 Å². The van der Waals surface area contributed by atoms with Crippen molar-refractivity contribution < 1.29 is 0 Å². The second-order valence-corrected chi connectivity index (χ2v) is 8.25. The van der Waals surface area contributed by atoms with E-state index in [1.165, 1.54) is 24.0 Å². The van der Waals surface area contributed by atoms with Gasteiger partial charge in [0.2, 0.25) is 0 Å². The fourth-order valence-corrected chi connectivity index (χ4v) is 3.49. The molecule has 0 spiro atoms. The molecular weight excluding hydrogens is 340 g/mol. The molecule has 28 heavy (non-hydrogen) atoms. The summed E-state index contributed by atoms with van der Waals surface area (Å²) >= 11 is 0. The van der Waals surface area contributed by atoms with Gasteiger partial charge in [0.15, 0.2) is 0 Å². The third-order valence-corrected chi connectivity index (χ3v) is 5.55. The van der Waals surface area contributed by atoms with Gasteiger partial charge < -0.3 is 10.6 Å². The van der Waals surface area contributed by atoms with Gasteiger partial charge in [-0.05, 0) is 45.1 Å². The zero-order valence-corrected chi connectivity index (χ0v) is 18.7. The highest BCUT2D eigenvalue weighted by Gasteiger charge is 2.23. The van der Waals surface area contributed by atoms with E-state index in [9.17, 15) is 0 Å². The van der Waals surface area contributed by atoms with Crippen molar-refractivity contribution in [3.63, 3.8) is 0 Å². The number of hydrogen-bond donors (Lipinski definition) is 2. The molecule has 0 bridgehead atoms. The van der Waals surface area contributed by atoms with Crippen LogP contribution in [-0.4, -0.2) is 17.6 Å². The molecule has 156 valence electrons. The summed E-state index contributed by atoms with van der Waals surface area (Å²) in [5.41, 5.74) is 3.58. The molecule has 1 rings (SSSR count). The lowest BCUT2D eigenvalue weighted by molar-refractivity contribution is 0.397. The number of aryl methyl sites for hydroxylation is 1. The van der Waals surface area contributed by atoms with Crippen molar-refractivity contribution in [1.82, 2.24) is 10.6 Å². The highest BCUT2D eigenvalue weighted by atomic mass is 15.1. The maximum Gasteiger partial charge on any atom is 0.0522 e. The molecule has 0 aliphatic carbocycles. The molecule has 0 amide bonds. The minimum absolute atomic E-state index is 0.108. The van der Waals surface area contributed by atoms with E-state index in [0.717, 1.165) is 37.8 Å². The summed E-state index contributed by atoms with van der Waals surface area (Å²) in [4.78, 5) is 0. The number of unbranched alkanes of at least 4 members (excludes halogenated alkanes) is 1. The van der Waals surface area contributed by atoms with Gasteiger partial charge in [-0.2, -0.15) is 0 Å². The summed E-state index contributed by atoms with van der Waals surface area (Å²) < 4.78 is 0. The van der Waals surface area contributed by atoms with Gasteiger partial charge in [-0.15, -0.1) is 6.58 Å². The van der Waals surface area contributed by atoms with E-state index in [1.54, 1.807) is 0 Å². The molecule has 0 radical (unpaired) electrons. The van der Waals surface area contributed by atoms with Gasteiger partial charge >= 0.3 is 0 Å². The molecule has 0 aromatic heterocycles. The van der Waals surface area contributed by atoms with E-state index in [1.807, 2.05) is 6.08 Å². The van der Waals surface area contributed by atoms with Crippen LogP contribution in [0.3, 0.4) is 0 Å². The first-order valence-electron chi connectivity index (χ1n) is 10.9. The molecule has 2 N–H and O–H groups in total. The Morgan fingerprint density at radius 3 is 2.39 bits per heavy atom. The molecule has 3 atom stereocenters. The van der Waals surface area contributed by atoms with Crippen LogP contribution in [-0.2, 0) is 6.42 Å². The Labute approximate surface area is 174 Å². The maximum absolute atomic E-state index is 4.37. The molecule has 0 aliphatic heterocycles. The van der Waals surface area contributed by atoms with Gasteiger partial charge in [-0.25, -0.2) is 0 Å². The second kappa shape index (κ2) is 12.6. The summed E-state index contributed by atoms with van der Waals surface area (Å²) in [7, 11) is 0. The molecular formula is C26H42N2. The van der Waals surface area contributed by atoms with Crippen LogP contribution in [0.4, 0.5) is 0 Å². The summed E-state index contributed by atoms with van der Waals surface area (Å²) in [6.45, 7) is 21.6. The fraction of sp³-hybridized carbons (Fsp3) is 0.538. The molecule has 0 saturated carbocycles. The third kappa shape index (κ3) is 8.48. The van der Waals surface area contributed by atoms with Crippen molar-refractivity contribution in [3.05, 3.63) is 73.0 Å². The van der Waals surface area contributed by atoms with Crippen LogP contribution in [0.25, 0.3) is 0 Å². The highest BCUT2D eigenvalue weighted by molar-refractivity contribution is 5.18. The summed E-state index contributed by atoms with van der Waals surface area (Å²) in [6, 6.07) is 11.1. The molecule has 1 unspecified atom stereocenters. The van der Waals surface area contributed by atoms with Gasteiger partial charge in [-0.1, -0.05) is 88.2 Å². The number of rotatable bonds is 15. The minimum Gasteiger partial charge on any atom is -0.379 e. The summed E-state index contributed by atoms with van der Waals surface area (Å²) in [5.74, 6) is 0. The van der Waals surface area contributed by atoms with E-state index in [4.69, 9.17) is 0 Å². The van der Waals surface area contributed by atoms with Gasteiger partial charge in [0.05, 0.1) is 5.54 Å². The Bertz CT molecular complexity index is 604. The molecule has 0 heterocycles. The largest absolute Gasteiger partial charge is 0.379 e. The topological polar surface area (TPSA) is 24.1 Å². The molecule has 0 aliphatic rings. The van der Waals surface area contributed by atoms with Gasteiger partial charge in [0.25, 0.3) is 0 Å². The van der Waals surface area contributed by atoms with Crippen LogP contribution >= 0.6 is 0 Å². The molecule has 1 aromatic carbocycles. The third-order valence-electron chi connectivity index (χ3n) is 5.55. The van der Waals surface area contributed by atoms with Crippen LogP contribution in [0.5, 0.6) is 0 Å². The predicted octanol–water partition coefficient (Wildman–Crippen LogP) is 6.56. The second-order valence-electron chi connectivity index (χ2n) is 8.25. The molecule has 0 fully saturated rings. The van der Waals surface area contributed by atoms with Crippen LogP contribution in [0.1, 0.15) is 71.8 Å². The first-order chi connectivity index (χ1) is 13.3. The zero-order valence-electron chi connectivity index (χ0n) is 18.7. The van der Waals surface area contributed by atoms with Crippen molar-refractivity contribution in [3.8, 4) is 0 Å². The zero-order chi connectivity index (χ0) is 21.0. The van der Waals surface area contributed by atoms with Gasteiger partial charge in [0.1, 0.15) is 0 Å². The molecule has 2 heteroatoms. The maximum atomic E-state index is 4.37. The Kier molecular flexibility index (Phi) is 10.9. The van der Waals surface area contributed by atoms with Gasteiger partial charge in [0, 0.05) is 17.8 Å². The number of hydrogen-bond acceptors (Lipinski definition) is 2. The molecule has 1 aromatic rings. The number of nitrogens with one attached hydrogen (secondary N) is 2. The van der Waals surface area contributed by atoms with Crippen molar-refractivity contribution in [2.24, 2.45) is 0 Å². The first-order valence-corrected chi connectivity index (χ1v) is 10.9. The normalized spacial score (nSPS) is 15.3. The lowest BCUT2D eigenvalue weighted by Gasteiger charge is -2.34. The van der Waals surface area contributed by atoms with E-state index >= 15 is 0 Å². The smallest absolute Gasteiger partial charge is 0.0522 e. The fourth-order valence-electron chi connectivity index (χ4n) is 3.49. The summed E-state index contributed by atoms with van der Waals surface area (Å²) in [6.07, 6.45) is 9.73. The first kappa shape index (κ1) is 24.2. The molecule has 0 saturated heterocycles. The Morgan fingerprint density at radius 1 is 1.14 bits per heavy atom. The van der Waals surface area contributed by atoms with Crippen LogP contribution < -0.4 is 10.6 Å². The van der Waals surface area contributed by atoms with E-state index in [2.05, 4.69) is 88.4 Å². The molecule has 2 nitrogen and oxygen atoms in total. The van der Waals surface area contributed by atoms with Crippen molar-refractivity contribution in [2.75, 3.05) is 0 Å². The SMILES string of the molecule is C=CC(C)(CCCC)NC(=C)[C@H](C)N[C@@H](CCc1ccccc1)C(=C)CCC. The van der Waals surface area contributed by atoms with Crippen molar-refractivity contribution in [1.29, 1.82) is 0 Å². The predicted molar refractivity (Wildman–Crippen MR) is 126 cm³/mol.